The minimum absolute atomic E-state index is 0.00244. The molecular formula is C78H79Cl2N3O14S. The van der Waals surface area contributed by atoms with Crippen molar-refractivity contribution < 1.29 is 66.5 Å². The third kappa shape index (κ3) is 16.7. The number of fused-ring (bicyclic) bond motifs is 3. The highest BCUT2D eigenvalue weighted by Gasteiger charge is 2.37. The lowest BCUT2D eigenvalue weighted by Crippen LogP contribution is -2.42. The molecule has 3 atom stereocenters. The van der Waals surface area contributed by atoms with Gasteiger partial charge in [-0.05, 0) is 204 Å². The maximum Gasteiger partial charge on any atom is 0.254 e. The molecule has 3 heterocycles. The van der Waals surface area contributed by atoms with E-state index in [0.717, 1.165) is 51.3 Å². The smallest absolute Gasteiger partial charge is 0.254 e. The van der Waals surface area contributed by atoms with Crippen molar-refractivity contribution in [2.45, 2.75) is 42.3 Å². The first-order valence-corrected chi connectivity index (χ1v) is 33.7. The summed E-state index contributed by atoms with van der Waals surface area (Å²) >= 11 is 14.0. The number of ether oxygens (including phenoxy) is 11. The van der Waals surface area contributed by atoms with Gasteiger partial charge in [-0.2, -0.15) is 0 Å². The van der Waals surface area contributed by atoms with Crippen LogP contribution in [0.2, 0.25) is 10.0 Å². The van der Waals surface area contributed by atoms with Gasteiger partial charge in [0.1, 0.15) is 37.1 Å². The molecule has 0 N–H and O–H groups in total. The highest BCUT2D eigenvalue weighted by molar-refractivity contribution is 7.98. The van der Waals surface area contributed by atoms with Crippen molar-refractivity contribution in [2.75, 3.05) is 103 Å². The number of methoxy groups -OCH3 is 8. The Hall–Kier alpha value is -9.88. The molecule has 0 bridgehead atoms. The van der Waals surface area contributed by atoms with Gasteiger partial charge in [-0.1, -0.05) is 65.7 Å². The number of hydrogen-bond acceptors (Lipinski definition) is 15. The summed E-state index contributed by atoms with van der Waals surface area (Å²) in [6.07, 6.45) is 4.17. The van der Waals surface area contributed by atoms with Gasteiger partial charge in [0, 0.05) is 51.3 Å². The fraction of sp³-hybridized carbons (Fsp3) is 0.269. The van der Waals surface area contributed by atoms with Crippen LogP contribution in [0.25, 0.3) is 0 Å². The molecule has 98 heavy (non-hydrogen) atoms. The van der Waals surface area contributed by atoms with Crippen molar-refractivity contribution in [3.05, 3.63) is 248 Å². The lowest BCUT2D eigenvalue weighted by Gasteiger charge is -2.37. The molecule has 9 aromatic carbocycles. The normalized spacial score (nSPS) is 15.0. The number of benzene rings is 9. The van der Waals surface area contributed by atoms with Gasteiger partial charge in [0.15, 0.2) is 46.0 Å². The largest absolute Gasteiger partial charge is 0.497 e. The van der Waals surface area contributed by atoms with E-state index in [0.29, 0.717) is 118 Å². The Morgan fingerprint density at radius 3 is 1.07 bits per heavy atom. The molecule has 0 spiro atoms. The molecule has 0 radical (unpaired) electrons. The SMILES string of the molecule is COc1cc2c(cc1OC)C(COc1ccc(SC)cc1)N(C(=O)c1ccccc1)CC2.COc1cc2c(cc1OC)C(COc1ccccc1OC)N(C(=O)c1cccc(Cl)c1)CC2.COc1ccc(OCC2c3cc(OC)c(OC)cc3CCN2C(=O)c2cccc(Cl)c2)cc1. The van der Waals surface area contributed by atoms with Crippen LogP contribution in [-0.4, -0.2) is 135 Å². The molecule has 17 nitrogen and oxygen atoms in total. The van der Waals surface area contributed by atoms with Crippen LogP contribution in [0.1, 0.15) is 82.6 Å². The van der Waals surface area contributed by atoms with Gasteiger partial charge >= 0.3 is 0 Å². The lowest BCUT2D eigenvalue weighted by atomic mass is 9.91. The van der Waals surface area contributed by atoms with Crippen LogP contribution < -0.4 is 52.1 Å². The average molecular weight is 1390 g/mol. The maximum atomic E-state index is 13.5. The lowest BCUT2D eigenvalue weighted by molar-refractivity contribution is 0.0582. The monoisotopic (exact) mass is 1380 g/mol. The Morgan fingerprint density at radius 1 is 0.357 bits per heavy atom. The Balaban J connectivity index is 0.000000159. The van der Waals surface area contributed by atoms with E-state index < -0.39 is 0 Å². The average Bonchev–Trinajstić information content (AvgIpc) is 0.788. The van der Waals surface area contributed by atoms with E-state index >= 15 is 0 Å². The predicted molar refractivity (Wildman–Crippen MR) is 381 cm³/mol. The van der Waals surface area contributed by atoms with Crippen molar-refractivity contribution in [3.63, 3.8) is 0 Å². The van der Waals surface area contributed by atoms with Crippen LogP contribution in [0.3, 0.4) is 0 Å². The van der Waals surface area contributed by atoms with Gasteiger partial charge in [-0.3, -0.25) is 14.4 Å². The van der Waals surface area contributed by atoms with E-state index in [1.807, 2.05) is 160 Å². The van der Waals surface area contributed by atoms with Crippen molar-refractivity contribution >= 4 is 52.7 Å². The number of halogens is 2. The maximum absolute atomic E-state index is 13.5. The fourth-order valence-electron chi connectivity index (χ4n) is 12.3. The number of para-hydroxylation sites is 2. The molecule has 3 aliphatic heterocycles. The summed E-state index contributed by atoms with van der Waals surface area (Å²) in [6.45, 7) is 2.56. The Kier molecular flexibility index (Phi) is 24.5. The van der Waals surface area contributed by atoms with Gasteiger partial charge in [-0.25, -0.2) is 0 Å². The van der Waals surface area contributed by atoms with Gasteiger partial charge in [0.05, 0.1) is 75.0 Å². The van der Waals surface area contributed by atoms with Crippen molar-refractivity contribution in [3.8, 4) is 63.2 Å². The standard InChI is InChI=1S/2C26H26ClNO5.C26H27NO4S/c1-30-22-9-4-5-10-23(22)33-16-21-20-15-25(32-3)24(31-2)14-17(20)11-12-28(21)26(29)18-7-6-8-19(27)13-18;1-30-20-7-9-21(10-8-20)33-16-23-22-15-25(32-3)24(31-2)14-17(22)11-12-28(23)26(29)18-5-4-6-19(27)13-18;1-29-24-15-19-13-14-27(26(28)18-7-5-4-6-8-18)23(22(19)16-25(24)30-2)17-31-20-9-11-21(32-3)12-10-20/h4-10,13-15,21H,11-12,16H2,1-3H3;4-10,13-15,23H,11-12,16H2,1-3H3;4-12,15-16,23H,13-14,17H2,1-3H3. The van der Waals surface area contributed by atoms with Crippen molar-refractivity contribution in [1.29, 1.82) is 0 Å². The number of nitrogens with zero attached hydrogens (tertiary/aromatic N) is 3. The number of hydrogen-bond donors (Lipinski definition) is 0. The molecule has 0 saturated heterocycles. The topological polar surface area (TPSA) is 162 Å². The van der Waals surface area contributed by atoms with Crippen molar-refractivity contribution in [2.24, 2.45) is 0 Å². The van der Waals surface area contributed by atoms with E-state index in [-0.39, 0.29) is 49.1 Å². The summed E-state index contributed by atoms with van der Waals surface area (Å²) in [5.41, 5.74) is 8.06. The Labute approximate surface area is 586 Å². The predicted octanol–water partition coefficient (Wildman–Crippen LogP) is 15.6. The zero-order chi connectivity index (χ0) is 69.2. The molecule has 9 aromatic rings. The highest BCUT2D eigenvalue weighted by atomic mass is 35.5. The van der Waals surface area contributed by atoms with Crippen LogP contribution in [0.4, 0.5) is 0 Å². The molecule has 0 aromatic heterocycles. The molecule has 510 valence electrons. The summed E-state index contributed by atoms with van der Waals surface area (Å²) < 4.78 is 62.2. The molecule has 12 rings (SSSR count). The first-order chi connectivity index (χ1) is 47.7. The minimum atomic E-state index is -0.343. The van der Waals surface area contributed by atoms with Crippen LogP contribution >= 0.6 is 35.0 Å². The summed E-state index contributed by atoms with van der Waals surface area (Å²) in [7, 11) is 12.9. The second-order valence-electron chi connectivity index (χ2n) is 22.8. The second-order valence-corrected chi connectivity index (χ2v) is 24.6. The number of carbonyl (C=O) groups is 3. The number of amides is 3. The number of carbonyl (C=O) groups excluding carboxylic acids is 3. The second kappa shape index (κ2) is 33.9. The van der Waals surface area contributed by atoms with E-state index in [2.05, 4.69) is 0 Å². The number of thioether (sulfide) groups is 1. The van der Waals surface area contributed by atoms with Crippen LogP contribution in [0.15, 0.2) is 193 Å². The Morgan fingerprint density at radius 2 is 0.694 bits per heavy atom. The molecule has 0 fully saturated rings. The van der Waals surface area contributed by atoms with Crippen molar-refractivity contribution in [1.82, 2.24) is 14.7 Å². The van der Waals surface area contributed by atoms with Gasteiger partial charge in [0.2, 0.25) is 0 Å². The quantitative estimate of drug-likeness (QED) is 0.0624. The third-order valence-electron chi connectivity index (χ3n) is 17.4. The fourth-order valence-corrected chi connectivity index (χ4v) is 13.1. The van der Waals surface area contributed by atoms with Crippen LogP contribution in [0, 0.1) is 0 Å². The molecule has 0 saturated carbocycles. The Bertz CT molecular complexity index is 4200. The van der Waals surface area contributed by atoms with Gasteiger partial charge in [0.25, 0.3) is 17.7 Å². The first-order valence-electron chi connectivity index (χ1n) is 31.8. The highest BCUT2D eigenvalue weighted by Crippen LogP contribution is 2.43. The van der Waals surface area contributed by atoms with E-state index in [9.17, 15) is 14.4 Å². The third-order valence-corrected chi connectivity index (χ3v) is 18.6. The van der Waals surface area contributed by atoms with E-state index in [1.165, 1.54) is 4.90 Å². The van der Waals surface area contributed by atoms with Gasteiger partial charge in [-0.15, -0.1) is 11.8 Å². The summed E-state index contributed by atoms with van der Waals surface area (Å²) in [5, 5.41) is 1.04. The minimum Gasteiger partial charge on any atom is -0.497 e. The van der Waals surface area contributed by atoms with Gasteiger partial charge < -0.3 is 66.8 Å². The van der Waals surface area contributed by atoms with E-state index in [4.69, 9.17) is 75.3 Å². The summed E-state index contributed by atoms with van der Waals surface area (Å²) in [6, 6.07) is 57.1. The molecule has 0 aliphatic carbocycles. The number of rotatable bonds is 21. The van der Waals surface area contributed by atoms with Crippen LogP contribution in [-0.2, 0) is 19.3 Å². The molecular weight excluding hydrogens is 1310 g/mol. The molecule has 3 unspecified atom stereocenters. The molecule has 3 aliphatic rings. The van der Waals surface area contributed by atoms with Crippen LogP contribution in [0.5, 0.6) is 63.2 Å². The first kappa shape index (κ1) is 70.9. The molecule has 20 heteroatoms. The zero-order valence-corrected chi connectivity index (χ0v) is 58.5. The summed E-state index contributed by atoms with van der Waals surface area (Å²) in [5.74, 6) is 7.16. The zero-order valence-electron chi connectivity index (χ0n) is 56.2. The van der Waals surface area contributed by atoms with E-state index in [1.54, 1.807) is 117 Å². The molecule has 3 amide bonds. The summed E-state index contributed by atoms with van der Waals surface area (Å²) in [4.78, 5) is 47.1.